The topological polar surface area (TPSA) is 133 Å². The summed E-state index contributed by atoms with van der Waals surface area (Å²) < 4.78 is 5.00. The lowest BCUT2D eigenvalue weighted by Gasteiger charge is -2.17. The van der Waals surface area contributed by atoms with Crippen LogP contribution in [0.3, 0.4) is 0 Å². The normalized spacial score (nSPS) is 20.8. The standard InChI is InChI=1S/C21H26N2O7/c1-12(2)21(27)22-15-6-4-14(5-7-15)19(25)11-30-20(26)9-16-17(10-23(28)29)13(3)8-18(16)24/h4-7,12-13,16-17H,8-11H2,1-3H3,(H,22,27)/t13-,16-,17-/m1/s1. The molecule has 1 aromatic rings. The van der Waals surface area contributed by atoms with E-state index in [0.29, 0.717) is 11.3 Å². The van der Waals surface area contributed by atoms with Crippen molar-refractivity contribution in [2.45, 2.75) is 33.6 Å². The molecule has 2 rings (SSSR count). The number of carbonyl (C=O) groups excluding carboxylic acids is 4. The van der Waals surface area contributed by atoms with Crippen molar-refractivity contribution in [2.75, 3.05) is 18.5 Å². The smallest absolute Gasteiger partial charge is 0.306 e. The molecule has 1 amide bonds. The number of Topliss-reactive ketones (excluding diaryl/α,β-unsaturated/α-hetero) is 2. The lowest BCUT2D eigenvalue weighted by atomic mass is 9.88. The van der Waals surface area contributed by atoms with E-state index in [0.717, 1.165) is 0 Å². The number of carbonyl (C=O) groups is 4. The van der Waals surface area contributed by atoms with E-state index in [-0.39, 0.29) is 42.9 Å². The van der Waals surface area contributed by atoms with Crippen LogP contribution in [0.5, 0.6) is 0 Å². The number of nitrogens with zero attached hydrogens (tertiary/aromatic N) is 1. The van der Waals surface area contributed by atoms with Crippen LogP contribution in [0.2, 0.25) is 0 Å². The molecule has 0 bridgehead atoms. The van der Waals surface area contributed by atoms with Gasteiger partial charge in [0, 0.05) is 40.3 Å². The Morgan fingerprint density at radius 2 is 1.87 bits per heavy atom. The number of ether oxygens (including phenoxy) is 1. The fourth-order valence-corrected chi connectivity index (χ4v) is 3.49. The Balaban J connectivity index is 1.88. The Morgan fingerprint density at radius 3 is 2.43 bits per heavy atom. The Hall–Kier alpha value is -3.10. The van der Waals surface area contributed by atoms with Crippen LogP contribution >= 0.6 is 0 Å². The predicted molar refractivity (Wildman–Crippen MR) is 107 cm³/mol. The van der Waals surface area contributed by atoms with E-state index < -0.39 is 35.1 Å². The highest BCUT2D eigenvalue weighted by Gasteiger charge is 2.44. The van der Waals surface area contributed by atoms with Crippen LogP contribution in [0, 0.1) is 33.8 Å². The summed E-state index contributed by atoms with van der Waals surface area (Å²) in [5.41, 5.74) is 0.857. The molecule has 9 heteroatoms. The Labute approximate surface area is 174 Å². The number of amides is 1. The number of benzene rings is 1. The molecule has 1 fully saturated rings. The molecule has 1 aliphatic rings. The van der Waals surface area contributed by atoms with Gasteiger partial charge >= 0.3 is 5.97 Å². The molecule has 0 aromatic heterocycles. The van der Waals surface area contributed by atoms with E-state index >= 15 is 0 Å². The molecule has 162 valence electrons. The summed E-state index contributed by atoms with van der Waals surface area (Å²) in [5, 5.41) is 13.5. The van der Waals surface area contributed by atoms with E-state index in [1.807, 2.05) is 0 Å². The zero-order chi connectivity index (χ0) is 22.4. The van der Waals surface area contributed by atoms with Gasteiger partial charge in [-0.15, -0.1) is 0 Å². The number of hydrogen-bond acceptors (Lipinski definition) is 7. The maximum absolute atomic E-state index is 12.2. The summed E-state index contributed by atoms with van der Waals surface area (Å²) >= 11 is 0. The van der Waals surface area contributed by atoms with Gasteiger partial charge in [0.15, 0.2) is 12.4 Å². The Kier molecular flexibility index (Phi) is 7.79. The molecule has 0 unspecified atom stereocenters. The summed E-state index contributed by atoms with van der Waals surface area (Å²) in [6, 6.07) is 6.19. The number of hydrogen-bond donors (Lipinski definition) is 1. The van der Waals surface area contributed by atoms with Gasteiger partial charge in [0.1, 0.15) is 5.78 Å². The number of nitrogens with one attached hydrogen (secondary N) is 1. The van der Waals surface area contributed by atoms with Gasteiger partial charge in [-0.1, -0.05) is 20.8 Å². The van der Waals surface area contributed by atoms with Gasteiger partial charge in [-0.05, 0) is 30.2 Å². The Morgan fingerprint density at radius 1 is 1.23 bits per heavy atom. The molecule has 1 saturated carbocycles. The van der Waals surface area contributed by atoms with Crippen LogP contribution < -0.4 is 5.32 Å². The van der Waals surface area contributed by atoms with Gasteiger partial charge < -0.3 is 10.1 Å². The monoisotopic (exact) mass is 418 g/mol. The van der Waals surface area contributed by atoms with Gasteiger partial charge in [0.05, 0.1) is 6.42 Å². The van der Waals surface area contributed by atoms with Crippen molar-refractivity contribution >= 4 is 29.1 Å². The van der Waals surface area contributed by atoms with E-state index in [1.54, 1.807) is 32.9 Å². The van der Waals surface area contributed by atoms with Gasteiger partial charge in [0.2, 0.25) is 12.5 Å². The molecule has 30 heavy (non-hydrogen) atoms. The van der Waals surface area contributed by atoms with Gasteiger partial charge in [-0.25, -0.2) is 0 Å². The van der Waals surface area contributed by atoms with E-state index in [2.05, 4.69) is 5.32 Å². The first kappa shape index (κ1) is 23.2. The molecule has 0 aliphatic heterocycles. The van der Waals surface area contributed by atoms with E-state index in [1.165, 1.54) is 12.1 Å². The van der Waals surface area contributed by atoms with Crippen molar-refractivity contribution in [3.05, 3.63) is 39.9 Å². The van der Waals surface area contributed by atoms with Crippen LogP contribution in [0.25, 0.3) is 0 Å². The SMILES string of the molecule is CC(C)C(=O)Nc1ccc(C(=O)COC(=O)C[C@H]2C(=O)C[C@@H](C)[C@H]2C[N+](=O)[O-])cc1. The van der Waals surface area contributed by atoms with Crippen LogP contribution in [-0.2, 0) is 19.1 Å². The maximum atomic E-state index is 12.2. The number of nitro groups is 1. The van der Waals surface area contributed by atoms with E-state index in [9.17, 15) is 29.3 Å². The van der Waals surface area contributed by atoms with Gasteiger partial charge in [-0.3, -0.25) is 29.3 Å². The first-order valence-electron chi connectivity index (χ1n) is 9.82. The minimum Gasteiger partial charge on any atom is -0.457 e. The molecule has 0 saturated heterocycles. The van der Waals surface area contributed by atoms with E-state index in [4.69, 9.17) is 4.74 Å². The van der Waals surface area contributed by atoms with Crippen molar-refractivity contribution in [3.63, 3.8) is 0 Å². The molecule has 1 aromatic carbocycles. The predicted octanol–water partition coefficient (Wildman–Crippen LogP) is 2.52. The molecule has 0 heterocycles. The zero-order valence-corrected chi connectivity index (χ0v) is 17.3. The molecule has 1 aliphatic carbocycles. The van der Waals surface area contributed by atoms with Crippen LogP contribution in [0.15, 0.2) is 24.3 Å². The maximum Gasteiger partial charge on any atom is 0.306 e. The largest absolute Gasteiger partial charge is 0.457 e. The molecular weight excluding hydrogens is 392 g/mol. The minimum absolute atomic E-state index is 0.144. The number of ketones is 2. The highest BCUT2D eigenvalue weighted by atomic mass is 16.6. The number of esters is 1. The van der Waals surface area contributed by atoms with Crippen molar-refractivity contribution in [3.8, 4) is 0 Å². The van der Waals surface area contributed by atoms with Crippen molar-refractivity contribution in [1.82, 2.24) is 0 Å². The average molecular weight is 418 g/mol. The quantitative estimate of drug-likeness (QED) is 0.282. The molecule has 0 radical (unpaired) electrons. The van der Waals surface area contributed by atoms with Crippen LogP contribution in [0.1, 0.15) is 44.0 Å². The average Bonchev–Trinajstić information content (AvgIpc) is 2.93. The molecular formula is C21H26N2O7. The van der Waals surface area contributed by atoms with Gasteiger partial charge in [0.25, 0.3) is 0 Å². The first-order chi connectivity index (χ1) is 14.1. The summed E-state index contributed by atoms with van der Waals surface area (Å²) in [7, 11) is 0. The molecule has 1 N–H and O–H groups in total. The Bertz CT molecular complexity index is 832. The lowest BCUT2D eigenvalue weighted by molar-refractivity contribution is -0.490. The second-order valence-electron chi connectivity index (χ2n) is 7.94. The lowest BCUT2D eigenvalue weighted by Crippen LogP contribution is -2.28. The highest BCUT2D eigenvalue weighted by molar-refractivity contribution is 5.99. The summed E-state index contributed by atoms with van der Waals surface area (Å²) in [6.07, 6.45) is -0.0653. The van der Waals surface area contributed by atoms with Crippen molar-refractivity contribution < 1.29 is 28.8 Å². The molecule has 0 spiro atoms. The summed E-state index contributed by atoms with van der Waals surface area (Å²) in [4.78, 5) is 58.5. The summed E-state index contributed by atoms with van der Waals surface area (Å²) in [5.74, 6) is -3.10. The highest BCUT2D eigenvalue weighted by Crippen LogP contribution is 2.36. The fraction of sp³-hybridized carbons (Fsp3) is 0.524. The summed E-state index contributed by atoms with van der Waals surface area (Å²) in [6.45, 7) is 4.42. The second-order valence-corrected chi connectivity index (χ2v) is 7.94. The molecule has 3 atom stereocenters. The second kappa shape index (κ2) is 10.1. The third kappa shape index (κ3) is 6.20. The van der Waals surface area contributed by atoms with Crippen molar-refractivity contribution in [2.24, 2.45) is 23.7 Å². The fourth-order valence-electron chi connectivity index (χ4n) is 3.49. The van der Waals surface area contributed by atoms with Crippen LogP contribution in [0.4, 0.5) is 5.69 Å². The third-order valence-corrected chi connectivity index (χ3v) is 5.29. The van der Waals surface area contributed by atoms with Gasteiger partial charge in [-0.2, -0.15) is 0 Å². The van der Waals surface area contributed by atoms with Crippen LogP contribution in [-0.4, -0.2) is 41.5 Å². The zero-order valence-electron chi connectivity index (χ0n) is 17.3. The number of rotatable bonds is 9. The number of anilines is 1. The first-order valence-corrected chi connectivity index (χ1v) is 9.82. The third-order valence-electron chi connectivity index (χ3n) is 5.29. The minimum atomic E-state index is -0.753. The molecule has 9 nitrogen and oxygen atoms in total. The van der Waals surface area contributed by atoms with Crippen molar-refractivity contribution in [1.29, 1.82) is 0 Å².